The smallest absolute Gasteiger partial charge is 0.236 e. The van der Waals surface area contributed by atoms with Crippen molar-refractivity contribution in [2.75, 3.05) is 16.0 Å². The van der Waals surface area contributed by atoms with Gasteiger partial charge in [-0.15, -0.1) is 0 Å². The van der Waals surface area contributed by atoms with Gasteiger partial charge < -0.3 is 20.7 Å². The van der Waals surface area contributed by atoms with Crippen molar-refractivity contribution in [2.24, 2.45) is 0 Å². The molecule has 1 aromatic carbocycles. The van der Waals surface area contributed by atoms with Crippen LogP contribution in [0.15, 0.2) is 35.1 Å². The first-order valence-corrected chi connectivity index (χ1v) is 8.67. The molecule has 0 radical (unpaired) electrons. The number of nitrogens with zero attached hydrogens (tertiary/aromatic N) is 5. The first kappa shape index (κ1) is 17.8. The lowest BCUT2D eigenvalue weighted by Gasteiger charge is -2.21. The number of nitrogens with one attached hydrogen (secondary N) is 1. The predicted molar refractivity (Wildman–Crippen MR) is 104 cm³/mol. The third kappa shape index (κ3) is 3.21. The Labute approximate surface area is 161 Å². The van der Waals surface area contributed by atoms with Crippen LogP contribution in [0.3, 0.4) is 0 Å². The molecular formula is C19H19N7O2. The summed E-state index contributed by atoms with van der Waals surface area (Å²) in [6, 6.07) is 7.37. The zero-order valence-corrected chi connectivity index (χ0v) is 15.6. The van der Waals surface area contributed by atoms with Crippen LogP contribution in [0.5, 0.6) is 0 Å². The van der Waals surface area contributed by atoms with Gasteiger partial charge in [-0.3, -0.25) is 4.90 Å². The second-order valence-corrected chi connectivity index (χ2v) is 6.71. The Bertz CT molecular complexity index is 1100. The molecule has 9 heteroatoms. The zero-order valence-electron chi connectivity index (χ0n) is 15.6. The van der Waals surface area contributed by atoms with E-state index in [0.717, 1.165) is 16.9 Å². The van der Waals surface area contributed by atoms with Crippen LogP contribution in [0.1, 0.15) is 30.9 Å². The Balaban J connectivity index is 1.68. The lowest BCUT2D eigenvalue weighted by atomic mass is 10.0. The number of aliphatic hydroxyl groups is 1. The Morgan fingerprint density at radius 1 is 1.32 bits per heavy atom. The number of anilines is 4. The highest BCUT2D eigenvalue weighted by Crippen LogP contribution is 2.39. The standard InChI is InChI=1S/C19H19N7O2/c1-11-8-16(25-28-11)19(3,27)7-6-13-4-5-14-15(9-13)26(12(2)23-14)18-22-10-21-17(20)24-18/h4-5,8-10,12,23,27H,1-3H3,(H2,20,21,22,24)/t12?,19-/m1/s1. The van der Waals surface area contributed by atoms with Crippen molar-refractivity contribution >= 4 is 23.3 Å². The molecule has 0 fully saturated rings. The van der Waals surface area contributed by atoms with E-state index in [9.17, 15) is 5.11 Å². The van der Waals surface area contributed by atoms with E-state index >= 15 is 0 Å². The third-order valence-electron chi connectivity index (χ3n) is 4.38. The van der Waals surface area contributed by atoms with Crippen molar-refractivity contribution in [1.29, 1.82) is 0 Å². The number of benzene rings is 1. The summed E-state index contributed by atoms with van der Waals surface area (Å²) in [5, 5.41) is 17.8. The summed E-state index contributed by atoms with van der Waals surface area (Å²) < 4.78 is 5.03. The molecule has 0 spiro atoms. The fraction of sp³-hybridized carbons (Fsp3) is 0.263. The van der Waals surface area contributed by atoms with Crippen LogP contribution >= 0.6 is 0 Å². The average Bonchev–Trinajstić information content (AvgIpc) is 3.22. The van der Waals surface area contributed by atoms with E-state index in [-0.39, 0.29) is 12.1 Å². The molecule has 2 atom stereocenters. The normalized spacial score (nSPS) is 17.3. The van der Waals surface area contributed by atoms with Gasteiger partial charge in [-0.05, 0) is 39.0 Å². The summed E-state index contributed by atoms with van der Waals surface area (Å²) >= 11 is 0. The van der Waals surface area contributed by atoms with Crippen LogP contribution in [0.4, 0.5) is 23.3 Å². The quantitative estimate of drug-likeness (QED) is 0.574. The van der Waals surface area contributed by atoms with Crippen molar-refractivity contribution in [3.05, 3.63) is 47.6 Å². The molecule has 0 amide bonds. The number of nitrogens with two attached hydrogens (primary N) is 1. The molecule has 0 saturated heterocycles. The molecular weight excluding hydrogens is 358 g/mol. The van der Waals surface area contributed by atoms with Crippen LogP contribution in [0, 0.1) is 18.8 Å². The Kier molecular flexibility index (Phi) is 4.13. The molecule has 0 saturated carbocycles. The monoisotopic (exact) mass is 377 g/mol. The highest BCUT2D eigenvalue weighted by Gasteiger charge is 2.29. The van der Waals surface area contributed by atoms with Gasteiger partial charge in [0.1, 0.15) is 23.9 Å². The van der Waals surface area contributed by atoms with Gasteiger partial charge in [-0.2, -0.15) is 4.98 Å². The fourth-order valence-corrected chi connectivity index (χ4v) is 2.98. The summed E-state index contributed by atoms with van der Waals surface area (Å²) in [6.45, 7) is 5.33. The first-order chi connectivity index (χ1) is 13.3. The van der Waals surface area contributed by atoms with Gasteiger partial charge in [0.25, 0.3) is 0 Å². The van der Waals surface area contributed by atoms with Crippen molar-refractivity contribution in [3.8, 4) is 11.8 Å². The molecule has 28 heavy (non-hydrogen) atoms. The van der Waals surface area contributed by atoms with Crippen LogP contribution in [0.2, 0.25) is 0 Å². The number of hydrogen-bond donors (Lipinski definition) is 3. The summed E-state index contributed by atoms with van der Waals surface area (Å²) in [7, 11) is 0. The van der Waals surface area contributed by atoms with E-state index in [1.54, 1.807) is 19.9 Å². The first-order valence-electron chi connectivity index (χ1n) is 8.67. The topological polar surface area (TPSA) is 126 Å². The van der Waals surface area contributed by atoms with Crippen molar-refractivity contribution < 1.29 is 9.63 Å². The van der Waals surface area contributed by atoms with Gasteiger partial charge in [0.2, 0.25) is 11.9 Å². The summed E-state index contributed by atoms with van der Waals surface area (Å²) in [5.41, 5.74) is 7.16. The maximum Gasteiger partial charge on any atom is 0.236 e. The van der Waals surface area contributed by atoms with Gasteiger partial charge in [-0.1, -0.05) is 17.0 Å². The highest BCUT2D eigenvalue weighted by atomic mass is 16.5. The molecule has 0 aliphatic carbocycles. The summed E-state index contributed by atoms with van der Waals surface area (Å²) in [5.74, 6) is 7.07. The molecule has 2 aromatic heterocycles. The lowest BCUT2D eigenvalue weighted by Crippen LogP contribution is -2.30. The molecule has 3 aromatic rings. The Morgan fingerprint density at radius 3 is 2.86 bits per heavy atom. The Morgan fingerprint density at radius 2 is 2.14 bits per heavy atom. The summed E-state index contributed by atoms with van der Waals surface area (Å²) in [4.78, 5) is 14.2. The van der Waals surface area contributed by atoms with Gasteiger partial charge in [0.15, 0.2) is 5.60 Å². The van der Waals surface area contributed by atoms with Crippen molar-refractivity contribution in [3.63, 3.8) is 0 Å². The number of aromatic nitrogens is 4. The molecule has 9 nitrogen and oxygen atoms in total. The molecule has 4 N–H and O–H groups in total. The van der Waals surface area contributed by atoms with Gasteiger partial charge in [-0.25, -0.2) is 9.97 Å². The van der Waals surface area contributed by atoms with Gasteiger partial charge in [0.05, 0.1) is 11.4 Å². The molecule has 1 aliphatic heterocycles. The van der Waals surface area contributed by atoms with E-state index in [2.05, 4.69) is 37.3 Å². The zero-order chi connectivity index (χ0) is 19.9. The Hall–Kier alpha value is -3.64. The predicted octanol–water partition coefficient (Wildman–Crippen LogP) is 1.92. The number of nitrogen functional groups attached to an aromatic ring is 1. The van der Waals surface area contributed by atoms with E-state index in [1.165, 1.54) is 6.33 Å². The van der Waals surface area contributed by atoms with Crippen molar-refractivity contribution in [1.82, 2.24) is 20.1 Å². The number of rotatable bonds is 2. The SMILES string of the molecule is Cc1cc([C@](C)(O)C#Cc2ccc3c(c2)N(c2ncnc(N)n2)C(C)N3)no1. The highest BCUT2D eigenvalue weighted by molar-refractivity contribution is 5.81. The molecule has 1 aliphatic rings. The maximum atomic E-state index is 10.6. The molecule has 4 rings (SSSR count). The molecule has 0 bridgehead atoms. The van der Waals surface area contributed by atoms with Crippen LogP contribution in [-0.2, 0) is 5.60 Å². The third-order valence-corrected chi connectivity index (χ3v) is 4.38. The van der Waals surface area contributed by atoms with Crippen LogP contribution in [0.25, 0.3) is 0 Å². The minimum Gasteiger partial charge on any atom is -0.372 e. The van der Waals surface area contributed by atoms with Crippen molar-refractivity contribution in [2.45, 2.75) is 32.5 Å². The number of hydrogen-bond acceptors (Lipinski definition) is 9. The second-order valence-electron chi connectivity index (χ2n) is 6.71. The maximum absolute atomic E-state index is 10.6. The second kappa shape index (κ2) is 6.51. The van der Waals surface area contributed by atoms with Crippen LogP contribution in [-0.4, -0.2) is 31.4 Å². The van der Waals surface area contributed by atoms with Crippen LogP contribution < -0.4 is 16.0 Å². The van der Waals surface area contributed by atoms with E-state index < -0.39 is 5.60 Å². The minimum atomic E-state index is -1.43. The fourth-order valence-electron chi connectivity index (χ4n) is 2.98. The summed E-state index contributed by atoms with van der Waals surface area (Å²) in [6.07, 6.45) is 1.31. The number of aryl methyl sites for hydroxylation is 1. The van der Waals surface area contributed by atoms with E-state index in [0.29, 0.717) is 17.4 Å². The molecule has 142 valence electrons. The van der Waals surface area contributed by atoms with E-state index in [1.807, 2.05) is 30.0 Å². The number of fused-ring (bicyclic) bond motifs is 1. The van der Waals surface area contributed by atoms with Gasteiger partial charge in [0, 0.05) is 11.6 Å². The molecule has 3 heterocycles. The average molecular weight is 377 g/mol. The van der Waals surface area contributed by atoms with E-state index in [4.69, 9.17) is 10.3 Å². The largest absolute Gasteiger partial charge is 0.372 e. The van der Waals surface area contributed by atoms with Gasteiger partial charge >= 0.3 is 0 Å². The minimum absolute atomic E-state index is 0.0683. The lowest BCUT2D eigenvalue weighted by molar-refractivity contribution is 0.112. The molecule has 1 unspecified atom stereocenters.